The van der Waals surface area contributed by atoms with Gasteiger partial charge in [-0.05, 0) is 73.3 Å². The molecule has 0 aliphatic carbocycles. The number of carbonyl (C=O) groups is 1. The van der Waals surface area contributed by atoms with Gasteiger partial charge in [-0.2, -0.15) is 0 Å². The van der Waals surface area contributed by atoms with E-state index in [1.165, 1.54) is 43.4 Å². The van der Waals surface area contributed by atoms with Gasteiger partial charge in [0.1, 0.15) is 23.7 Å². The molecule has 0 saturated carbocycles. The molecule has 244 valence electrons. The van der Waals surface area contributed by atoms with Crippen molar-refractivity contribution in [3.63, 3.8) is 0 Å². The Morgan fingerprint density at radius 1 is 0.826 bits per heavy atom. The summed E-state index contributed by atoms with van der Waals surface area (Å²) in [6.07, 6.45) is 6.24. The molecule has 2 fully saturated rings. The van der Waals surface area contributed by atoms with Gasteiger partial charge in [-0.3, -0.25) is 14.6 Å². The molecule has 4 aromatic rings. The predicted octanol–water partition coefficient (Wildman–Crippen LogP) is 6.93. The van der Waals surface area contributed by atoms with E-state index in [9.17, 15) is 4.79 Å². The molecule has 6 rings (SSSR count). The summed E-state index contributed by atoms with van der Waals surface area (Å²) < 4.78 is 6.07. The number of nitrogens with zero attached hydrogens (tertiary/aromatic N) is 4. The van der Waals surface area contributed by atoms with Crippen LogP contribution in [0, 0.1) is 0 Å². The van der Waals surface area contributed by atoms with Crippen molar-refractivity contribution in [2.75, 3.05) is 69.2 Å². The molecule has 2 aliphatic heterocycles. The first kappa shape index (κ1) is 32.1. The number of H-pyrrole nitrogens is 1. The number of piperazine rings is 1. The number of aromatic nitrogens is 2. The molecule has 2 saturated heterocycles. The van der Waals surface area contributed by atoms with E-state index in [1.807, 2.05) is 24.3 Å². The van der Waals surface area contributed by atoms with Gasteiger partial charge in [-0.25, -0.2) is 4.98 Å². The Kier molecular flexibility index (Phi) is 10.2. The maximum absolute atomic E-state index is 12.6. The minimum Gasteiger partial charge on any atom is -0.492 e. The second-order valence-electron chi connectivity index (χ2n) is 13.9. The Morgan fingerprint density at radius 3 is 2.22 bits per heavy atom. The van der Waals surface area contributed by atoms with Gasteiger partial charge in [0.15, 0.2) is 0 Å². The Morgan fingerprint density at radius 2 is 1.52 bits per heavy atom. The van der Waals surface area contributed by atoms with Crippen LogP contribution >= 0.6 is 0 Å². The van der Waals surface area contributed by atoms with E-state index in [-0.39, 0.29) is 11.3 Å². The SMILES string of the molecule is CC(C)(C)c1ccc(-c2nc3c(N4CCN(CCOc5ccc(NC(=O)CN6CCCCCCC6)cc5)CC4)cccc3[nH]2)cc1. The zero-order valence-electron chi connectivity index (χ0n) is 27.9. The van der Waals surface area contributed by atoms with Gasteiger partial charge in [-0.15, -0.1) is 0 Å². The minimum absolute atomic E-state index is 0.0586. The molecule has 1 aromatic heterocycles. The molecule has 2 N–H and O–H groups in total. The number of benzene rings is 3. The largest absolute Gasteiger partial charge is 0.492 e. The fourth-order valence-corrected chi connectivity index (χ4v) is 6.55. The van der Waals surface area contributed by atoms with Crippen LogP contribution in [0.5, 0.6) is 5.75 Å². The lowest BCUT2D eigenvalue weighted by Gasteiger charge is -2.36. The van der Waals surface area contributed by atoms with Crippen molar-refractivity contribution < 1.29 is 9.53 Å². The van der Waals surface area contributed by atoms with E-state index in [4.69, 9.17) is 9.72 Å². The van der Waals surface area contributed by atoms with Crippen LogP contribution in [-0.2, 0) is 10.2 Å². The van der Waals surface area contributed by atoms with Crippen molar-refractivity contribution in [2.45, 2.75) is 58.3 Å². The predicted molar refractivity (Wildman–Crippen MR) is 189 cm³/mol. The Hall–Kier alpha value is -3.88. The normalized spacial score (nSPS) is 17.1. The lowest BCUT2D eigenvalue weighted by Crippen LogP contribution is -2.47. The van der Waals surface area contributed by atoms with Gasteiger partial charge in [-0.1, -0.05) is 70.4 Å². The number of aromatic amines is 1. The van der Waals surface area contributed by atoms with Crippen molar-refractivity contribution in [2.24, 2.45) is 0 Å². The Labute approximate surface area is 274 Å². The number of nitrogens with one attached hydrogen (secondary N) is 2. The van der Waals surface area contributed by atoms with Crippen LogP contribution in [-0.4, -0.2) is 84.6 Å². The lowest BCUT2D eigenvalue weighted by atomic mass is 9.87. The van der Waals surface area contributed by atoms with Crippen LogP contribution in [0.4, 0.5) is 11.4 Å². The number of fused-ring (bicyclic) bond motifs is 1. The second kappa shape index (κ2) is 14.7. The zero-order chi connectivity index (χ0) is 31.9. The molecule has 0 atom stereocenters. The molecule has 3 heterocycles. The van der Waals surface area contributed by atoms with Crippen molar-refractivity contribution in [3.8, 4) is 17.1 Å². The average molecular weight is 623 g/mol. The number of likely N-dealkylation sites (tertiary alicyclic amines) is 1. The van der Waals surface area contributed by atoms with Gasteiger partial charge < -0.3 is 19.9 Å². The highest BCUT2D eigenvalue weighted by Gasteiger charge is 2.21. The van der Waals surface area contributed by atoms with Gasteiger partial charge in [0.25, 0.3) is 0 Å². The number of rotatable bonds is 9. The molecule has 0 spiro atoms. The number of imidazole rings is 1. The molecule has 0 unspecified atom stereocenters. The van der Waals surface area contributed by atoms with Crippen molar-refractivity contribution in [1.29, 1.82) is 0 Å². The third-order valence-corrected chi connectivity index (χ3v) is 9.36. The first-order valence-electron chi connectivity index (χ1n) is 17.1. The fraction of sp³-hybridized carbons (Fsp3) is 0.474. The first-order chi connectivity index (χ1) is 22.3. The fourth-order valence-electron chi connectivity index (χ4n) is 6.55. The number of ether oxygens (including phenoxy) is 1. The summed E-state index contributed by atoms with van der Waals surface area (Å²) in [5, 5.41) is 3.05. The number of amides is 1. The molecule has 0 bridgehead atoms. The summed E-state index contributed by atoms with van der Waals surface area (Å²) in [7, 11) is 0. The Balaban J connectivity index is 0.956. The molecule has 8 heteroatoms. The molecular formula is C38H50N6O2. The molecule has 46 heavy (non-hydrogen) atoms. The molecule has 0 radical (unpaired) electrons. The highest BCUT2D eigenvalue weighted by Crippen LogP contribution is 2.30. The highest BCUT2D eigenvalue weighted by molar-refractivity contribution is 5.92. The second-order valence-corrected chi connectivity index (χ2v) is 13.9. The maximum Gasteiger partial charge on any atom is 0.238 e. The number of anilines is 2. The zero-order valence-corrected chi connectivity index (χ0v) is 27.9. The van der Waals surface area contributed by atoms with Crippen molar-refractivity contribution >= 4 is 28.3 Å². The van der Waals surface area contributed by atoms with E-state index in [2.05, 4.69) is 88.2 Å². The summed E-state index contributed by atoms with van der Waals surface area (Å²) in [5.74, 6) is 1.80. The van der Waals surface area contributed by atoms with Gasteiger partial charge in [0, 0.05) is 44.0 Å². The smallest absolute Gasteiger partial charge is 0.238 e. The quantitative estimate of drug-likeness (QED) is 0.211. The molecule has 1 amide bonds. The third-order valence-electron chi connectivity index (χ3n) is 9.36. The van der Waals surface area contributed by atoms with Crippen molar-refractivity contribution in [1.82, 2.24) is 19.8 Å². The molecular weight excluding hydrogens is 572 g/mol. The average Bonchev–Trinajstić information content (AvgIpc) is 3.48. The first-order valence-corrected chi connectivity index (χ1v) is 17.1. The summed E-state index contributed by atoms with van der Waals surface area (Å²) in [6, 6.07) is 22.9. The van der Waals surface area contributed by atoms with E-state index in [0.29, 0.717) is 13.2 Å². The van der Waals surface area contributed by atoms with Gasteiger partial charge in [0.05, 0.1) is 17.7 Å². The maximum atomic E-state index is 12.6. The van der Waals surface area contributed by atoms with Crippen LogP contribution in [0.15, 0.2) is 66.7 Å². The van der Waals surface area contributed by atoms with E-state index < -0.39 is 0 Å². The number of hydrogen-bond acceptors (Lipinski definition) is 6. The Bertz CT molecular complexity index is 1560. The van der Waals surface area contributed by atoms with Crippen LogP contribution in [0.1, 0.15) is 58.4 Å². The van der Waals surface area contributed by atoms with E-state index >= 15 is 0 Å². The van der Waals surface area contributed by atoms with E-state index in [1.54, 1.807) is 0 Å². The molecule has 2 aliphatic rings. The number of para-hydroxylation sites is 1. The molecule has 8 nitrogen and oxygen atoms in total. The standard InChI is InChI=1S/C38H50N6O2/c1-38(2,3)30-14-12-29(13-15-30)37-40-33-10-9-11-34(36(33)41-37)44-24-22-42(23-25-44)26-27-46-32-18-16-31(17-19-32)39-35(45)28-43-20-7-5-4-6-8-21-43/h9-19H,4-8,20-28H2,1-3H3,(H,39,45)(H,40,41). The lowest BCUT2D eigenvalue weighted by molar-refractivity contribution is -0.117. The monoisotopic (exact) mass is 622 g/mol. The minimum atomic E-state index is 0.0586. The van der Waals surface area contributed by atoms with Crippen LogP contribution in [0.3, 0.4) is 0 Å². The van der Waals surface area contributed by atoms with Crippen molar-refractivity contribution in [3.05, 3.63) is 72.3 Å². The van der Waals surface area contributed by atoms with Gasteiger partial charge in [0.2, 0.25) is 5.91 Å². The topological polar surface area (TPSA) is 76.7 Å². The highest BCUT2D eigenvalue weighted by atomic mass is 16.5. The third kappa shape index (κ3) is 8.28. The van der Waals surface area contributed by atoms with Crippen LogP contribution in [0.2, 0.25) is 0 Å². The summed E-state index contributed by atoms with van der Waals surface area (Å²) in [4.78, 5) is 28.4. The van der Waals surface area contributed by atoms with Crippen LogP contribution < -0.4 is 15.0 Å². The van der Waals surface area contributed by atoms with Crippen LogP contribution in [0.25, 0.3) is 22.4 Å². The summed E-state index contributed by atoms with van der Waals surface area (Å²) in [5.41, 5.74) is 6.68. The number of hydrogen-bond donors (Lipinski definition) is 2. The molecule has 3 aromatic carbocycles. The van der Waals surface area contributed by atoms with E-state index in [0.717, 1.165) is 79.7 Å². The summed E-state index contributed by atoms with van der Waals surface area (Å²) >= 11 is 0. The van der Waals surface area contributed by atoms with Gasteiger partial charge >= 0.3 is 0 Å². The summed E-state index contributed by atoms with van der Waals surface area (Å²) in [6.45, 7) is 14.6. The number of carbonyl (C=O) groups excluding carboxylic acids is 1.